The van der Waals surface area contributed by atoms with Crippen LogP contribution < -0.4 is 20.5 Å². The number of hydrogen-bond acceptors (Lipinski definition) is 8. The number of carbonyl (C=O) groups is 1. The third-order valence-corrected chi connectivity index (χ3v) is 6.77. The highest BCUT2D eigenvalue weighted by atomic mass is 32.1. The predicted octanol–water partition coefficient (Wildman–Crippen LogP) is 6.37. The highest BCUT2D eigenvalue weighted by molar-refractivity contribution is 7.22. The maximum atomic E-state index is 12.8. The molecule has 0 spiro atoms. The number of nitrogen functional groups attached to an aromatic ring is 1. The van der Waals surface area contributed by atoms with E-state index >= 15 is 0 Å². The van der Waals surface area contributed by atoms with Gasteiger partial charge in [0.15, 0.2) is 10.3 Å². The summed E-state index contributed by atoms with van der Waals surface area (Å²) >= 11 is 2.69. The molecule has 2 aromatic heterocycles. The van der Waals surface area contributed by atoms with E-state index in [0.29, 0.717) is 33.4 Å². The van der Waals surface area contributed by atoms with Crippen LogP contribution in [0.5, 0.6) is 16.6 Å². The first kappa shape index (κ1) is 22.8. The average molecular weight is 503 g/mol. The number of rotatable bonds is 8. The first-order chi connectivity index (χ1) is 17.1. The highest BCUT2D eigenvalue weighted by Gasteiger charge is 2.18. The fourth-order valence-electron chi connectivity index (χ4n) is 3.53. The SMILES string of the molecule is CCOc1ccc(-c2nc(NC(=O)Cc3ccc4nc(N)sc4c3)sc2Oc2ccccc2)cc1. The molecular formula is C26H22N4O3S2. The van der Waals surface area contributed by atoms with E-state index in [1.54, 1.807) is 0 Å². The molecule has 0 radical (unpaired) electrons. The second-order valence-electron chi connectivity index (χ2n) is 7.61. The Bertz CT molecular complexity index is 1460. The molecule has 0 unspecified atom stereocenters. The van der Waals surface area contributed by atoms with Crippen LogP contribution in [0.25, 0.3) is 21.5 Å². The van der Waals surface area contributed by atoms with Crippen molar-refractivity contribution < 1.29 is 14.3 Å². The summed E-state index contributed by atoms with van der Waals surface area (Å²) in [5, 5.41) is 4.49. The fraction of sp³-hybridized carbons (Fsp3) is 0.115. The van der Waals surface area contributed by atoms with E-state index in [4.69, 9.17) is 15.2 Å². The molecule has 2 heterocycles. The standard InChI is InChI=1S/C26H22N4O3S2/c1-2-32-18-11-9-17(10-12-18)23-24(33-19-6-4-3-5-7-19)35-26(30-23)29-22(31)15-16-8-13-20-21(14-16)34-25(27)28-20/h3-14H,2,15H2,1H3,(H2,27,28)(H,29,30,31). The van der Waals surface area contributed by atoms with Gasteiger partial charge in [0.1, 0.15) is 17.2 Å². The minimum Gasteiger partial charge on any atom is -0.494 e. The summed E-state index contributed by atoms with van der Waals surface area (Å²) in [6.07, 6.45) is 0.209. The number of para-hydroxylation sites is 1. The number of amides is 1. The van der Waals surface area contributed by atoms with E-state index in [2.05, 4.69) is 15.3 Å². The van der Waals surface area contributed by atoms with Crippen molar-refractivity contribution in [1.29, 1.82) is 0 Å². The summed E-state index contributed by atoms with van der Waals surface area (Å²) in [6.45, 7) is 2.54. The molecule has 0 aliphatic rings. The number of hydrogen-bond donors (Lipinski definition) is 2. The maximum Gasteiger partial charge on any atom is 0.230 e. The molecule has 9 heteroatoms. The third kappa shape index (κ3) is 5.42. The number of aromatic nitrogens is 2. The summed E-state index contributed by atoms with van der Waals surface area (Å²) < 4.78 is 12.6. The van der Waals surface area contributed by atoms with Gasteiger partial charge in [-0.05, 0) is 61.0 Å². The Kier molecular flexibility index (Phi) is 6.60. The Morgan fingerprint density at radius 1 is 0.971 bits per heavy atom. The van der Waals surface area contributed by atoms with E-state index in [-0.39, 0.29) is 12.3 Å². The fourth-order valence-corrected chi connectivity index (χ4v) is 5.20. The van der Waals surface area contributed by atoms with Gasteiger partial charge in [0.05, 0.1) is 23.2 Å². The highest BCUT2D eigenvalue weighted by Crippen LogP contribution is 2.41. The van der Waals surface area contributed by atoms with Gasteiger partial charge in [0.25, 0.3) is 0 Å². The predicted molar refractivity (Wildman–Crippen MR) is 142 cm³/mol. The summed E-state index contributed by atoms with van der Waals surface area (Å²) in [4.78, 5) is 21.8. The van der Waals surface area contributed by atoms with Gasteiger partial charge in [-0.3, -0.25) is 4.79 Å². The van der Waals surface area contributed by atoms with Crippen LogP contribution in [-0.2, 0) is 11.2 Å². The van der Waals surface area contributed by atoms with Crippen molar-refractivity contribution in [3.8, 4) is 27.8 Å². The second-order valence-corrected chi connectivity index (χ2v) is 9.63. The Balaban J connectivity index is 1.38. The van der Waals surface area contributed by atoms with Gasteiger partial charge in [-0.2, -0.15) is 0 Å². The lowest BCUT2D eigenvalue weighted by Gasteiger charge is -2.06. The normalized spacial score (nSPS) is 10.9. The molecular weight excluding hydrogens is 480 g/mol. The van der Waals surface area contributed by atoms with Crippen LogP contribution in [0.3, 0.4) is 0 Å². The van der Waals surface area contributed by atoms with Gasteiger partial charge in [0, 0.05) is 5.56 Å². The first-order valence-electron chi connectivity index (χ1n) is 11.0. The smallest absolute Gasteiger partial charge is 0.230 e. The number of nitrogens with one attached hydrogen (secondary N) is 1. The molecule has 5 aromatic rings. The Labute approximate surface area is 210 Å². The van der Waals surface area contributed by atoms with Gasteiger partial charge < -0.3 is 20.5 Å². The maximum absolute atomic E-state index is 12.8. The van der Waals surface area contributed by atoms with Crippen LogP contribution in [0, 0.1) is 0 Å². The zero-order valence-corrected chi connectivity index (χ0v) is 20.5. The van der Waals surface area contributed by atoms with Gasteiger partial charge in [-0.1, -0.05) is 46.9 Å². The third-order valence-electron chi connectivity index (χ3n) is 5.07. The average Bonchev–Trinajstić information content (AvgIpc) is 3.42. The van der Waals surface area contributed by atoms with Crippen LogP contribution in [0.1, 0.15) is 12.5 Å². The van der Waals surface area contributed by atoms with Crippen molar-refractivity contribution >= 4 is 49.1 Å². The van der Waals surface area contributed by atoms with Crippen molar-refractivity contribution in [1.82, 2.24) is 9.97 Å². The lowest BCUT2D eigenvalue weighted by molar-refractivity contribution is -0.115. The lowest BCUT2D eigenvalue weighted by Crippen LogP contribution is -2.14. The summed E-state index contributed by atoms with van der Waals surface area (Å²) in [7, 11) is 0. The topological polar surface area (TPSA) is 99.4 Å². The van der Waals surface area contributed by atoms with Crippen molar-refractivity contribution in [2.45, 2.75) is 13.3 Å². The second kappa shape index (κ2) is 10.1. The largest absolute Gasteiger partial charge is 0.494 e. The number of fused-ring (bicyclic) bond motifs is 1. The molecule has 0 atom stereocenters. The summed E-state index contributed by atoms with van der Waals surface area (Å²) in [5.41, 5.74) is 9.02. The van der Waals surface area contributed by atoms with E-state index in [9.17, 15) is 4.79 Å². The quantitative estimate of drug-likeness (QED) is 0.256. The van der Waals surface area contributed by atoms with E-state index in [0.717, 1.165) is 27.1 Å². The van der Waals surface area contributed by atoms with Crippen molar-refractivity contribution in [2.75, 3.05) is 17.7 Å². The Morgan fingerprint density at radius 3 is 2.54 bits per heavy atom. The molecule has 176 valence electrons. The lowest BCUT2D eigenvalue weighted by atomic mass is 10.1. The molecule has 0 aliphatic heterocycles. The monoisotopic (exact) mass is 502 g/mol. The van der Waals surface area contributed by atoms with Gasteiger partial charge in [0.2, 0.25) is 11.0 Å². The molecule has 3 aromatic carbocycles. The molecule has 1 amide bonds. The van der Waals surface area contributed by atoms with Crippen molar-refractivity contribution in [3.63, 3.8) is 0 Å². The number of nitrogens with two attached hydrogens (primary N) is 1. The van der Waals surface area contributed by atoms with Crippen LogP contribution in [-0.4, -0.2) is 22.5 Å². The molecule has 35 heavy (non-hydrogen) atoms. The molecule has 5 rings (SSSR count). The minimum atomic E-state index is -0.167. The molecule has 7 nitrogen and oxygen atoms in total. The van der Waals surface area contributed by atoms with Gasteiger partial charge in [-0.25, -0.2) is 9.97 Å². The number of carbonyl (C=O) groups excluding carboxylic acids is 1. The number of nitrogens with zero attached hydrogens (tertiary/aromatic N) is 2. The van der Waals surface area contributed by atoms with E-state index in [1.165, 1.54) is 22.7 Å². The molecule has 0 saturated carbocycles. The van der Waals surface area contributed by atoms with E-state index in [1.807, 2.05) is 79.7 Å². The number of ether oxygens (including phenoxy) is 2. The van der Waals surface area contributed by atoms with Crippen molar-refractivity contribution in [3.05, 3.63) is 78.4 Å². The molecule has 0 saturated heterocycles. The van der Waals surface area contributed by atoms with Crippen LogP contribution >= 0.6 is 22.7 Å². The van der Waals surface area contributed by atoms with Crippen LogP contribution in [0.2, 0.25) is 0 Å². The van der Waals surface area contributed by atoms with Gasteiger partial charge in [-0.15, -0.1) is 0 Å². The number of anilines is 2. The first-order valence-corrected chi connectivity index (χ1v) is 12.6. The summed E-state index contributed by atoms with van der Waals surface area (Å²) in [6, 6.07) is 22.9. The zero-order chi connectivity index (χ0) is 24.2. The molecule has 0 fully saturated rings. The number of benzene rings is 3. The molecule has 0 bridgehead atoms. The minimum absolute atomic E-state index is 0.167. The van der Waals surface area contributed by atoms with Gasteiger partial charge >= 0.3 is 0 Å². The molecule has 0 aliphatic carbocycles. The van der Waals surface area contributed by atoms with Crippen molar-refractivity contribution in [2.24, 2.45) is 0 Å². The summed E-state index contributed by atoms with van der Waals surface area (Å²) in [5.74, 6) is 1.31. The Morgan fingerprint density at radius 2 is 1.77 bits per heavy atom. The molecule has 3 N–H and O–H groups in total. The van der Waals surface area contributed by atoms with Crippen LogP contribution in [0.15, 0.2) is 72.8 Å². The Hall–Kier alpha value is -3.95. The zero-order valence-electron chi connectivity index (χ0n) is 18.9. The number of thiazole rings is 2. The van der Waals surface area contributed by atoms with E-state index < -0.39 is 0 Å². The van der Waals surface area contributed by atoms with Crippen LogP contribution in [0.4, 0.5) is 10.3 Å².